The zero-order chi connectivity index (χ0) is 5.82. The van der Waals surface area contributed by atoms with E-state index < -0.39 is 0 Å². The SMILES string of the molecule is CCc1[c-]ncnc1.[Y]. The van der Waals surface area contributed by atoms with Crippen molar-refractivity contribution in [3.05, 3.63) is 24.3 Å². The molecule has 1 radical (unpaired) electrons. The Morgan fingerprint density at radius 2 is 2.44 bits per heavy atom. The number of rotatable bonds is 1. The van der Waals surface area contributed by atoms with Gasteiger partial charge in [-0.15, -0.1) is 5.56 Å². The molecule has 0 aromatic carbocycles. The third kappa shape index (κ3) is 3.02. The molecule has 1 heterocycles. The van der Waals surface area contributed by atoms with Crippen LogP contribution in [0.5, 0.6) is 0 Å². The second-order valence-electron chi connectivity index (χ2n) is 1.51. The average Bonchev–Trinajstić information content (AvgIpc) is 1.90. The maximum absolute atomic E-state index is 3.81. The van der Waals surface area contributed by atoms with Crippen molar-refractivity contribution in [3.63, 3.8) is 0 Å². The molecule has 2 nitrogen and oxygen atoms in total. The number of hydrogen-bond acceptors (Lipinski definition) is 2. The summed E-state index contributed by atoms with van der Waals surface area (Å²) in [4.78, 5) is 7.53. The van der Waals surface area contributed by atoms with Gasteiger partial charge in [-0.1, -0.05) is 25.7 Å². The molecule has 0 aliphatic carbocycles. The van der Waals surface area contributed by atoms with Gasteiger partial charge < -0.3 is 9.97 Å². The van der Waals surface area contributed by atoms with E-state index in [1.165, 1.54) is 6.33 Å². The first-order valence-corrected chi connectivity index (χ1v) is 2.60. The van der Waals surface area contributed by atoms with Gasteiger partial charge in [0.2, 0.25) is 0 Å². The van der Waals surface area contributed by atoms with E-state index in [4.69, 9.17) is 0 Å². The van der Waals surface area contributed by atoms with Crippen LogP contribution >= 0.6 is 0 Å². The summed E-state index contributed by atoms with van der Waals surface area (Å²) in [5.41, 5.74) is 1.06. The molecule has 0 saturated carbocycles. The van der Waals surface area contributed by atoms with Crippen molar-refractivity contribution in [2.45, 2.75) is 13.3 Å². The Kier molecular flexibility index (Phi) is 5.11. The Morgan fingerprint density at radius 3 is 2.78 bits per heavy atom. The van der Waals surface area contributed by atoms with Crippen LogP contribution in [0.3, 0.4) is 0 Å². The van der Waals surface area contributed by atoms with Crippen LogP contribution < -0.4 is 0 Å². The number of aryl methyl sites for hydroxylation is 1. The summed E-state index contributed by atoms with van der Waals surface area (Å²) in [6, 6.07) is 0. The molecule has 45 valence electrons. The van der Waals surface area contributed by atoms with Crippen LogP contribution in [-0.4, -0.2) is 9.97 Å². The third-order valence-corrected chi connectivity index (χ3v) is 0.944. The maximum atomic E-state index is 3.81. The van der Waals surface area contributed by atoms with E-state index in [1.54, 1.807) is 6.20 Å². The van der Waals surface area contributed by atoms with Gasteiger partial charge in [0.1, 0.15) is 0 Å². The number of nitrogens with zero attached hydrogens (tertiary/aromatic N) is 2. The van der Waals surface area contributed by atoms with Gasteiger partial charge in [-0.05, 0) is 6.33 Å². The molecular weight excluding hydrogens is 189 g/mol. The van der Waals surface area contributed by atoms with Crippen molar-refractivity contribution in [2.24, 2.45) is 0 Å². The summed E-state index contributed by atoms with van der Waals surface area (Å²) >= 11 is 0. The van der Waals surface area contributed by atoms with Crippen LogP contribution in [-0.2, 0) is 39.1 Å². The molecule has 0 fully saturated rings. The molecule has 0 bridgehead atoms. The molecule has 1 aromatic heterocycles. The summed E-state index contributed by atoms with van der Waals surface area (Å²) in [7, 11) is 0. The zero-order valence-corrected chi connectivity index (χ0v) is 8.17. The van der Waals surface area contributed by atoms with Gasteiger partial charge in [0.25, 0.3) is 0 Å². The fourth-order valence-electron chi connectivity index (χ4n) is 0.468. The van der Waals surface area contributed by atoms with Crippen LogP contribution in [0.1, 0.15) is 12.5 Å². The van der Waals surface area contributed by atoms with Gasteiger partial charge >= 0.3 is 0 Å². The number of aromatic nitrogens is 2. The predicted molar refractivity (Wildman–Crippen MR) is 30.2 cm³/mol. The van der Waals surface area contributed by atoms with E-state index in [0.717, 1.165) is 12.0 Å². The molecule has 1 aromatic rings. The zero-order valence-electron chi connectivity index (χ0n) is 5.33. The van der Waals surface area contributed by atoms with Crippen LogP contribution in [0.15, 0.2) is 12.5 Å². The van der Waals surface area contributed by atoms with E-state index in [2.05, 4.69) is 23.1 Å². The van der Waals surface area contributed by atoms with Gasteiger partial charge in [0.05, 0.1) is 0 Å². The molecule has 0 amide bonds. The van der Waals surface area contributed by atoms with E-state index in [0.29, 0.717) is 0 Å². The molecule has 9 heavy (non-hydrogen) atoms. The van der Waals surface area contributed by atoms with Crippen molar-refractivity contribution in [1.29, 1.82) is 0 Å². The molecule has 0 N–H and O–H groups in total. The molecule has 1 rings (SSSR count). The van der Waals surface area contributed by atoms with Crippen LogP contribution in [0.4, 0.5) is 0 Å². The summed E-state index contributed by atoms with van der Waals surface area (Å²) < 4.78 is 0. The minimum absolute atomic E-state index is 0. The average molecular weight is 196 g/mol. The van der Waals surface area contributed by atoms with E-state index >= 15 is 0 Å². The Bertz CT molecular complexity index is 152. The first-order chi connectivity index (χ1) is 3.93. The van der Waals surface area contributed by atoms with Gasteiger partial charge in [0, 0.05) is 32.7 Å². The van der Waals surface area contributed by atoms with Crippen molar-refractivity contribution in [3.8, 4) is 0 Å². The molecule has 0 saturated heterocycles. The van der Waals surface area contributed by atoms with Crippen molar-refractivity contribution < 1.29 is 32.7 Å². The fourth-order valence-corrected chi connectivity index (χ4v) is 0.468. The molecule has 0 aliphatic rings. The molecule has 0 aliphatic heterocycles. The summed E-state index contributed by atoms with van der Waals surface area (Å²) in [6.07, 6.45) is 7.02. The summed E-state index contributed by atoms with van der Waals surface area (Å²) in [6.45, 7) is 2.05. The second-order valence-corrected chi connectivity index (χ2v) is 1.51. The van der Waals surface area contributed by atoms with Crippen molar-refractivity contribution >= 4 is 0 Å². The van der Waals surface area contributed by atoms with Crippen LogP contribution in [0, 0.1) is 6.20 Å². The Morgan fingerprint density at radius 1 is 1.67 bits per heavy atom. The predicted octanol–water partition coefficient (Wildman–Crippen LogP) is 0.837. The first kappa shape index (κ1) is 9.18. The molecule has 3 heteroatoms. The normalized spacial score (nSPS) is 8.11. The maximum Gasteiger partial charge on any atom is 0 e. The smallest absolute Gasteiger partial charge is 0 e. The quantitative estimate of drug-likeness (QED) is 0.622. The Balaban J connectivity index is 0.000000640. The fraction of sp³-hybridized carbons (Fsp3) is 0.333. The Hall–Kier alpha value is 0.184. The first-order valence-electron chi connectivity index (χ1n) is 2.60. The van der Waals surface area contributed by atoms with E-state index in [9.17, 15) is 0 Å². The molecule has 0 spiro atoms. The molecular formula is C6H7N2Y-. The summed E-state index contributed by atoms with van der Waals surface area (Å²) in [5, 5.41) is 0. The largest absolute Gasteiger partial charge is 0.376 e. The van der Waals surface area contributed by atoms with Crippen molar-refractivity contribution in [1.82, 2.24) is 9.97 Å². The molecule has 0 atom stereocenters. The third-order valence-electron chi connectivity index (χ3n) is 0.944. The minimum atomic E-state index is 0. The van der Waals surface area contributed by atoms with Crippen LogP contribution in [0.25, 0.3) is 0 Å². The standard InChI is InChI=1S/C6H7N2.Y/c1-2-6-3-7-5-8-4-6;/h3,5H,2H2,1H3;/q-1;. The number of hydrogen-bond donors (Lipinski definition) is 0. The van der Waals surface area contributed by atoms with E-state index in [1.807, 2.05) is 0 Å². The van der Waals surface area contributed by atoms with Gasteiger partial charge in [-0.3, -0.25) is 0 Å². The van der Waals surface area contributed by atoms with Crippen LogP contribution in [0.2, 0.25) is 0 Å². The van der Waals surface area contributed by atoms with Gasteiger partial charge in [0.15, 0.2) is 0 Å². The minimum Gasteiger partial charge on any atom is -0.376 e. The van der Waals surface area contributed by atoms with Crippen molar-refractivity contribution in [2.75, 3.05) is 0 Å². The monoisotopic (exact) mass is 196 g/mol. The Labute approximate surface area is 80.0 Å². The molecule has 0 unspecified atom stereocenters. The topological polar surface area (TPSA) is 25.8 Å². The van der Waals surface area contributed by atoms with E-state index in [-0.39, 0.29) is 32.7 Å². The van der Waals surface area contributed by atoms with Gasteiger partial charge in [-0.2, -0.15) is 0 Å². The second kappa shape index (κ2) is 5.01. The van der Waals surface area contributed by atoms with Gasteiger partial charge in [-0.25, -0.2) is 0 Å². The summed E-state index contributed by atoms with van der Waals surface area (Å²) in [5.74, 6) is 0.